The molecule has 18 heavy (non-hydrogen) atoms. The zero-order valence-electron chi connectivity index (χ0n) is 9.04. The third kappa shape index (κ3) is 5.71. The van der Waals surface area contributed by atoms with Crippen LogP contribution < -0.4 is 0 Å². The summed E-state index contributed by atoms with van der Waals surface area (Å²) in [5.41, 5.74) is 1.94. The van der Waals surface area contributed by atoms with Crippen molar-refractivity contribution >= 4 is 25.3 Å². The molecule has 2 rings (SSSR count). The van der Waals surface area contributed by atoms with E-state index < -0.39 is 0 Å². The predicted molar refractivity (Wildman–Crippen MR) is 70.1 cm³/mol. The Kier molecular flexibility index (Phi) is 8.89. The smallest absolute Gasteiger partial charge is 0.780 e. The summed E-state index contributed by atoms with van der Waals surface area (Å²) in [5.74, 6) is 6.15. The van der Waals surface area contributed by atoms with Gasteiger partial charge in [0.15, 0.2) is 0 Å². The van der Waals surface area contributed by atoms with Crippen LogP contribution in [0.15, 0.2) is 58.3 Å². The summed E-state index contributed by atoms with van der Waals surface area (Å²) in [6.07, 6.45) is 0. The van der Waals surface area contributed by atoms with E-state index in [1.54, 1.807) is 0 Å². The van der Waals surface area contributed by atoms with Crippen molar-refractivity contribution in [1.29, 1.82) is 0 Å². The molecule has 4 heteroatoms. The van der Waals surface area contributed by atoms with Crippen molar-refractivity contribution in [2.75, 3.05) is 0 Å². The van der Waals surface area contributed by atoms with Crippen molar-refractivity contribution in [2.45, 2.75) is 9.79 Å². The third-order valence-electron chi connectivity index (χ3n) is 2.06. The van der Waals surface area contributed by atoms with E-state index in [9.17, 15) is 0 Å². The number of hydrogen-bond acceptors (Lipinski definition) is 2. The van der Waals surface area contributed by atoms with Crippen molar-refractivity contribution in [3.63, 3.8) is 0 Å². The van der Waals surface area contributed by atoms with Crippen LogP contribution in [-0.2, 0) is 70.0 Å². The Morgan fingerprint density at radius 2 is 0.833 bits per heavy atom. The van der Waals surface area contributed by atoms with Gasteiger partial charge in [-0.1, -0.05) is 36.1 Å². The molecule has 0 aliphatic rings. The Balaban J connectivity index is 0.00000144. The SMILES string of the molecule is [Au+].[Au+].[S-]c1ccc(C#Cc2ccc([S-])cc2)cc1. The van der Waals surface area contributed by atoms with Gasteiger partial charge in [0.05, 0.1) is 0 Å². The van der Waals surface area contributed by atoms with Gasteiger partial charge in [0.2, 0.25) is 0 Å². The van der Waals surface area contributed by atoms with Crippen LogP contribution in [0.3, 0.4) is 0 Å². The summed E-state index contributed by atoms with van der Waals surface area (Å²) in [4.78, 5) is 1.67. The maximum Gasteiger partial charge on any atom is 1.00 e. The van der Waals surface area contributed by atoms with Crippen molar-refractivity contribution in [2.24, 2.45) is 0 Å². The van der Waals surface area contributed by atoms with Crippen LogP contribution in [-0.4, -0.2) is 0 Å². The molecule has 0 spiro atoms. The maximum absolute atomic E-state index is 5.00. The minimum Gasteiger partial charge on any atom is -0.780 e. The summed E-state index contributed by atoms with van der Waals surface area (Å²) in [5, 5.41) is 0. The van der Waals surface area contributed by atoms with Crippen LogP contribution in [0.2, 0.25) is 0 Å². The minimum absolute atomic E-state index is 0. The normalized spacial score (nSPS) is 8.22. The Hall–Kier alpha value is -0.0795. The van der Waals surface area contributed by atoms with Crippen LogP contribution in [0.4, 0.5) is 0 Å². The van der Waals surface area contributed by atoms with Gasteiger partial charge >= 0.3 is 44.8 Å². The van der Waals surface area contributed by atoms with Gasteiger partial charge in [-0.15, -0.1) is 0 Å². The Morgan fingerprint density at radius 3 is 1.11 bits per heavy atom. The second-order valence-electron chi connectivity index (χ2n) is 3.30. The second kappa shape index (κ2) is 8.93. The topological polar surface area (TPSA) is 0 Å². The van der Waals surface area contributed by atoms with Gasteiger partial charge in [-0.05, 0) is 24.3 Å². The molecular weight excluding hydrogens is 626 g/mol. The van der Waals surface area contributed by atoms with Gasteiger partial charge < -0.3 is 25.3 Å². The average molecular weight is 634 g/mol. The molecule has 0 unspecified atom stereocenters. The van der Waals surface area contributed by atoms with E-state index in [0.29, 0.717) is 0 Å². The van der Waals surface area contributed by atoms with Crippen LogP contribution in [0.5, 0.6) is 0 Å². The van der Waals surface area contributed by atoms with Crippen molar-refractivity contribution in [1.82, 2.24) is 0 Å². The fourth-order valence-corrected chi connectivity index (χ4v) is 1.49. The molecule has 0 amide bonds. The molecule has 0 N–H and O–H groups in total. The minimum atomic E-state index is 0. The summed E-state index contributed by atoms with van der Waals surface area (Å²) >= 11 is 10.0. The van der Waals surface area contributed by atoms with Crippen LogP contribution in [0.1, 0.15) is 11.1 Å². The molecule has 0 nitrogen and oxygen atoms in total. The van der Waals surface area contributed by atoms with E-state index in [0.717, 1.165) is 20.9 Å². The molecule has 0 atom stereocenters. The zero-order chi connectivity index (χ0) is 11.4. The average Bonchev–Trinajstić information content (AvgIpc) is 2.30. The summed E-state index contributed by atoms with van der Waals surface area (Å²) in [7, 11) is 0. The summed E-state index contributed by atoms with van der Waals surface area (Å²) in [6, 6.07) is 15.2. The summed E-state index contributed by atoms with van der Waals surface area (Å²) < 4.78 is 0. The van der Waals surface area contributed by atoms with Crippen LogP contribution >= 0.6 is 0 Å². The fourth-order valence-electron chi connectivity index (χ4n) is 1.22. The molecular formula is C14H8Au2S2. The number of benzene rings is 2. The van der Waals surface area contributed by atoms with Gasteiger partial charge in [-0.25, -0.2) is 0 Å². The van der Waals surface area contributed by atoms with Gasteiger partial charge in [0, 0.05) is 11.1 Å². The van der Waals surface area contributed by atoms with Gasteiger partial charge in [0.1, 0.15) is 0 Å². The summed E-state index contributed by atoms with van der Waals surface area (Å²) in [6.45, 7) is 0. The quantitative estimate of drug-likeness (QED) is 0.249. The van der Waals surface area contributed by atoms with Gasteiger partial charge in [0.25, 0.3) is 0 Å². The van der Waals surface area contributed by atoms with Gasteiger partial charge in [-0.3, -0.25) is 0 Å². The molecule has 0 aliphatic heterocycles. The first-order valence-electron chi connectivity index (χ1n) is 4.80. The van der Waals surface area contributed by atoms with E-state index in [4.69, 9.17) is 25.3 Å². The molecule has 2 aromatic rings. The molecule has 2 aromatic carbocycles. The first-order chi connectivity index (χ1) is 7.74. The Labute approximate surface area is 150 Å². The van der Waals surface area contributed by atoms with Crippen molar-refractivity contribution < 1.29 is 44.8 Å². The number of hydrogen-bond donors (Lipinski definition) is 0. The molecule has 98 valence electrons. The third-order valence-corrected chi connectivity index (χ3v) is 2.60. The van der Waals surface area contributed by atoms with Crippen molar-refractivity contribution in [3.8, 4) is 11.8 Å². The zero-order valence-corrected chi connectivity index (χ0v) is 15.0. The predicted octanol–water partition coefficient (Wildman–Crippen LogP) is 2.89. The van der Waals surface area contributed by atoms with E-state index in [-0.39, 0.29) is 44.8 Å². The molecule has 0 saturated carbocycles. The first-order valence-corrected chi connectivity index (χ1v) is 5.62. The Bertz CT molecular complexity index is 487. The monoisotopic (exact) mass is 634 g/mol. The molecule has 0 aliphatic carbocycles. The van der Waals surface area contributed by atoms with Crippen LogP contribution in [0.25, 0.3) is 0 Å². The van der Waals surface area contributed by atoms with E-state index in [2.05, 4.69) is 11.8 Å². The van der Waals surface area contributed by atoms with Crippen LogP contribution in [0, 0.1) is 11.8 Å². The molecule has 0 saturated heterocycles. The van der Waals surface area contributed by atoms with E-state index >= 15 is 0 Å². The fraction of sp³-hybridized carbons (Fsp3) is 0. The number of rotatable bonds is 0. The van der Waals surface area contributed by atoms with Crippen molar-refractivity contribution in [3.05, 3.63) is 59.7 Å². The van der Waals surface area contributed by atoms with E-state index in [1.165, 1.54) is 0 Å². The molecule has 0 bridgehead atoms. The molecule has 0 fully saturated rings. The maximum atomic E-state index is 5.00. The van der Waals surface area contributed by atoms with E-state index in [1.807, 2.05) is 48.5 Å². The molecule has 0 aromatic heterocycles. The molecule has 0 heterocycles. The molecule has 0 radical (unpaired) electrons. The standard InChI is InChI=1S/C14H10S2.2Au/c15-13-7-3-11(4-8-13)1-2-12-5-9-14(16)10-6-12;;/h3-10,15-16H;;/q;2*+1/p-2. The van der Waals surface area contributed by atoms with Gasteiger partial charge in [-0.2, -0.15) is 9.79 Å². The Morgan fingerprint density at radius 1 is 0.556 bits per heavy atom. The largest absolute Gasteiger partial charge is 1.00 e. The first kappa shape index (κ1) is 17.9. The second-order valence-corrected chi connectivity index (χ2v) is 4.24.